The third-order valence-corrected chi connectivity index (χ3v) is 2.06. The fourth-order valence-electron chi connectivity index (χ4n) is 0.371. The Kier molecular flexibility index (Phi) is 6.21. The van der Waals surface area contributed by atoms with Gasteiger partial charge in [-0.2, -0.15) is 0 Å². The number of allylic oxidation sites excluding steroid dienone is 1. The van der Waals surface area contributed by atoms with E-state index in [-0.39, 0.29) is 0 Å². The number of ether oxygens (including phenoxy) is 1. The average Bonchev–Trinajstić information content (AvgIpc) is 1.89. The zero-order chi connectivity index (χ0) is 7.11. The molecular weight excluding hydrogens is 132 g/mol. The van der Waals surface area contributed by atoms with Gasteiger partial charge in [0.1, 0.15) is 0 Å². The zero-order valence-corrected chi connectivity index (χ0v) is 6.96. The maximum atomic E-state index is 4.87. The van der Waals surface area contributed by atoms with Crippen LogP contribution in [0.25, 0.3) is 0 Å². The number of hydrogen-bond acceptors (Lipinski definition) is 2. The van der Waals surface area contributed by atoms with Crippen molar-refractivity contribution in [2.75, 3.05) is 19.5 Å². The first-order valence-corrected chi connectivity index (χ1v) is 4.09. The molecule has 0 aliphatic heterocycles. The summed E-state index contributed by atoms with van der Waals surface area (Å²) in [5.41, 5.74) is 0. The number of methoxy groups -OCH3 is 1. The molecule has 0 aromatic carbocycles. The minimum absolute atomic E-state index is 0.823. The van der Waals surface area contributed by atoms with Gasteiger partial charge >= 0.3 is 0 Å². The quantitative estimate of drug-likeness (QED) is 0.550. The van der Waals surface area contributed by atoms with Crippen LogP contribution in [0.5, 0.6) is 0 Å². The van der Waals surface area contributed by atoms with Crippen LogP contribution in [-0.4, -0.2) is 19.5 Å². The lowest BCUT2D eigenvalue weighted by molar-refractivity contribution is 0.219. The Morgan fingerprint density at radius 1 is 1.67 bits per heavy atom. The summed E-state index contributed by atoms with van der Waals surface area (Å²) >= 11 is 1.78. The maximum absolute atomic E-state index is 4.87. The normalized spacial score (nSPS) is 9.56. The number of thioether (sulfide) groups is 1. The second kappa shape index (κ2) is 6.17. The van der Waals surface area contributed by atoms with Gasteiger partial charge in [0, 0.05) is 12.9 Å². The van der Waals surface area contributed by atoms with Gasteiger partial charge in [0.25, 0.3) is 0 Å². The summed E-state index contributed by atoms with van der Waals surface area (Å²) in [4.78, 5) is 1.24. The van der Waals surface area contributed by atoms with Crippen molar-refractivity contribution in [3.05, 3.63) is 11.5 Å². The van der Waals surface area contributed by atoms with Crippen molar-refractivity contribution >= 4 is 11.8 Å². The molecule has 0 amide bonds. The predicted octanol–water partition coefficient (Wildman–Crippen LogP) is 2.29. The van der Waals surface area contributed by atoms with E-state index in [4.69, 9.17) is 4.74 Å². The van der Waals surface area contributed by atoms with Crippen molar-refractivity contribution in [1.82, 2.24) is 0 Å². The molecule has 0 saturated heterocycles. The smallest absolute Gasteiger partial charge is 0.0556 e. The van der Waals surface area contributed by atoms with Crippen molar-refractivity contribution in [2.24, 2.45) is 0 Å². The second-order valence-electron chi connectivity index (χ2n) is 1.73. The fourth-order valence-corrected chi connectivity index (χ4v) is 1.11. The van der Waals surface area contributed by atoms with Crippen LogP contribution in [0.15, 0.2) is 11.5 Å². The van der Waals surface area contributed by atoms with Gasteiger partial charge in [-0.3, -0.25) is 0 Å². The van der Waals surface area contributed by atoms with Crippen molar-refractivity contribution in [2.45, 2.75) is 13.3 Å². The van der Waals surface area contributed by atoms with Gasteiger partial charge in [-0.1, -0.05) is 13.5 Å². The van der Waals surface area contributed by atoms with Crippen LogP contribution >= 0.6 is 11.8 Å². The van der Waals surface area contributed by atoms with Crippen LogP contribution in [-0.2, 0) is 4.74 Å². The minimum atomic E-state index is 0.823. The number of hydrogen-bond donors (Lipinski definition) is 0. The Hall–Kier alpha value is 0.0500. The van der Waals surface area contributed by atoms with Gasteiger partial charge < -0.3 is 4.74 Å². The molecule has 0 aliphatic carbocycles. The van der Waals surface area contributed by atoms with E-state index in [9.17, 15) is 0 Å². The topological polar surface area (TPSA) is 9.23 Å². The van der Waals surface area contributed by atoms with Gasteiger partial charge in [0.2, 0.25) is 0 Å². The molecule has 1 nitrogen and oxygen atoms in total. The lowest BCUT2D eigenvalue weighted by Crippen LogP contribution is -1.90. The van der Waals surface area contributed by atoms with Crippen molar-refractivity contribution in [3.63, 3.8) is 0 Å². The standard InChI is InChI=1S/C7H14OS/c1-4-7(2)9-6-5-8-3/h2,4-6H2,1,3H3. The highest BCUT2D eigenvalue weighted by atomic mass is 32.2. The average molecular weight is 146 g/mol. The molecule has 2 heteroatoms. The molecule has 9 heavy (non-hydrogen) atoms. The van der Waals surface area contributed by atoms with E-state index >= 15 is 0 Å². The van der Waals surface area contributed by atoms with E-state index in [2.05, 4.69) is 13.5 Å². The SMILES string of the molecule is C=C(CC)SCCOC. The molecule has 0 bridgehead atoms. The summed E-state index contributed by atoms with van der Waals surface area (Å²) in [6.45, 7) is 6.79. The van der Waals surface area contributed by atoms with Crippen LogP contribution < -0.4 is 0 Å². The Balaban J connectivity index is 2.97. The molecule has 54 valence electrons. The van der Waals surface area contributed by atoms with Gasteiger partial charge in [0.05, 0.1) is 6.61 Å². The fraction of sp³-hybridized carbons (Fsp3) is 0.714. The molecular formula is C7H14OS. The van der Waals surface area contributed by atoms with Gasteiger partial charge in [0.15, 0.2) is 0 Å². The minimum Gasteiger partial charge on any atom is -0.384 e. The van der Waals surface area contributed by atoms with Gasteiger partial charge in [-0.05, 0) is 11.3 Å². The molecule has 0 radical (unpaired) electrons. The van der Waals surface area contributed by atoms with Crippen molar-refractivity contribution in [1.29, 1.82) is 0 Å². The zero-order valence-electron chi connectivity index (χ0n) is 6.14. The molecule has 0 N–H and O–H groups in total. The van der Waals surface area contributed by atoms with E-state index < -0.39 is 0 Å². The summed E-state index contributed by atoms with van der Waals surface area (Å²) in [6.07, 6.45) is 1.06. The van der Waals surface area contributed by atoms with Gasteiger partial charge in [-0.25, -0.2) is 0 Å². The van der Waals surface area contributed by atoms with Crippen molar-refractivity contribution < 1.29 is 4.74 Å². The summed E-state index contributed by atoms with van der Waals surface area (Å²) in [7, 11) is 1.72. The molecule has 0 saturated carbocycles. The highest BCUT2D eigenvalue weighted by molar-refractivity contribution is 8.03. The Bertz CT molecular complexity index is 81.0. The first-order valence-electron chi connectivity index (χ1n) is 3.10. The highest BCUT2D eigenvalue weighted by Crippen LogP contribution is 2.15. The van der Waals surface area contributed by atoms with Crippen LogP contribution in [0.4, 0.5) is 0 Å². The second-order valence-corrected chi connectivity index (χ2v) is 3.01. The van der Waals surface area contributed by atoms with Crippen LogP contribution in [0, 0.1) is 0 Å². The monoisotopic (exact) mass is 146 g/mol. The molecule has 0 rings (SSSR count). The van der Waals surface area contributed by atoms with Crippen LogP contribution in [0.2, 0.25) is 0 Å². The molecule has 0 aromatic heterocycles. The summed E-state index contributed by atoms with van der Waals surface area (Å²) in [5.74, 6) is 1.03. The molecule has 0 heterocycles. The molecule has 0 spiro atoms. The largest absolute Gasteiger partial charge is 0.384 e. The highest BCUT2D eigenvalue weighted by Gasteiger charge is 1.89. The van der Waals surface area contributed by atoms with Crippen LogP contribution in [0.3, 0.4) is 0 Å². The van der Waals surface area contributed by atoms with E-state index in [0.717, 1.165) is 18.8 Å². The molecule has 0 atom stereocenters. The summed E-state index contributed by atoms with van der Waals surface area (Å²) in [5, 5.41) is 0. The Morgan fingerprint density at radius 2 is 2.33 bits per heavy atom. The third kappa shape index (κ3) is 5.93. The Labute approximate surface area is 61.5 Å². The van der Waals surface area contributed by atoms with E-state index in [1.807, 2.05) is 0 Å². The lowest BCUT2D eigenvalue weighted by atomic mass is 10.5. The van der Waals surface area contributed by atoms with Crippen molar-refractivity contribution in [3.8, 4) is 0 Å². The molecule has 0 aromatic rings. The van der Waals surface area contributed by atoms with Gasteiger partial charge in [-0.15, -0.1) is 11.8 Å². The summed E-state index contributed by atoms with van der Waals surface area (Å²) in [6, 6.07) is 0. The van der Waals surface area contributed by atoms with E-state index in [0.29, 0.717) is 0 Å². The first kappa shape index (κ1) is 9.05. The maximum Gasteiger partial charge on any atom is 0.0556 e. The van der Waals surface area contributed by atoms with Crippen LogP contribution in [0.1, 0.15) is 13.3 Å². The lowest BCUT2D eigenvalue weighted by Gasteiger charge is -1.99. The van der Waals surface area contributed by atoms with E-state index in [1.165, 1.54) is 4.91 Å². The van der Waals surface area contributed by atoms with E-state index in [1.54, 1.807) is 18.9 Å². The number of rotatable bonds is 5. The predicted molar refractivity (Wildman–Crippen MR) is 43.8 cm³/mol. The molecule has 0 unspecified atom stereocenters. The summed E-state index contributed by atoms with van der Waals surface area (Å²) < 4.78 is 4.87. The molecule has 0 aliphatic rings. The third-order valence-electron chi connectivity index (χ3n) is 0.988. The first-order chi connectivity index (χ1) is 4.31. The Morgan fingerprint density at radius 3 is 2.78 bits per heavy atom. The molecule has 0 fully saturated rings.